The molecule has 1 unspecified atom stereocenters. The van der Waals surface area contributed by atoms with Crippen LogP contribution in [-0.2, 0) is 4.74 Å². The number of hydrogen-bond donors (Lipinski definition) is 0. The summed E-state index contributed by atoms with van der Waals surface area (Å²) in [5.74, 6) is 1.37. The molecule has 3 aliphatic rings. The van der Waals surface area contributed by atoms with Crippen molar-refractivity contribution < 1.29 is 13.9 Å². The number of hydrogen-bond acceptors (Lipinski definition) is 4. The van der Waals surface area contributed by atoms with Gasteiger partial charge in [0, 0.05) is 48.9 Å². The van der Waals surface area contributed by atoms with E-state index in [1.165, 1.54) is 25.7 Å². The zero-order valence-corrected chi connectivity index (χ0v) is 21.8. The van der Waals surface area contributed by atoms with Crippen LogP contribution in [0.25, 0.3) is 11.8 Å². The van der Waals surface area contributed by atoms with Gasteiger partial charge in [-0.1, -0.05) is 33.3 Å². The van der Waals surface area contributed by atoms with E-state index in [1.807, 2.05) is 29.3 Å². The molecular weight excluding hydrogens is 451 g/mol. The van der Waals surface area contributed by atoms with Gasteiger partial charge in [0.1, 0.15) is 11.6 Å². The zero-order valence-electron chi connectivity index (χ0n) is 21.8. The molecule has 0 radical (unpaired) electrons. The highest BCUT2D eigenvalue weighted by Gasteiger charge is 2.38. The minimum atomic E-state index is -0.211. The molecule has 0 N–H and O–H groups in total. The van der Waals surface area contributed by atoms with Gasteiger partial charge >= 0.3 is 0 Å². The van der Waals surface area contributed by atoms with Crippen LogP contribution in [0.4, 0.5) is 15.8 Å². The molecule has 1 saturated carbocycles. The number of halogens is 1. The van der Waals surface area contributed by atoms with Crippen molar-refractivity contribution in [3.05, 3.63) is 66.1 Å². The standard InChI is InChI=1S/C31H39FN2O2/c1-4-18-36-31(5-2)15-17-33(22-31)30-13-10-26(20-29(30)32)34-16-14-25-19-27(11-12-28(25)23(34)3)35-21-24-8-6-7-9-24/h10-14,16,19-20,24H,3-9,15,17-18,21-22H2,1-2H3. The molecule has 1 saturated heterocycles. The van der Waals surface area contributed by atoms with Gasteiger partial charge in [-0.3, -0.25) is 0 Å². The van der Waals surface area contributed by atoms with E-state index in [9.17, 15) is 0 Å². The fourth-order valence-electron chi connectivity index (χ4n) is 5.82. The maximum atomic E-state index is 15.4. The number of ether oxygens (including phenoxy) is 2. The molecule has 0 amide bonds. The lowest BCUT2D eigenvalue weighted by Gasteiger charge is -2.30. The van der Waals surface area contributed by atoms with Crippen molar-refractivity contribution in [1.29, 1.82) is 0 Å². The highest BCUT2D eigenvalue weighted by Crippen LogP contribution is 2.38. The van der Waals surface area contributed by atoms with Gasteiger partial charge in [0.2, 0.25) is 0 Å². The first-order chi connectivity index (χ1) is 17.5. The van der Waals surface area contributed by atoms with Crippen LogP contribution in [0.3, 0.4) is 0 Å². The van der Waals surface area contributed by atoms with Gasteiger partial charge in [0.05, 0.1) is 17.9 Å². The Balaban J connectivity index is 1.28. The summed E-state index contributed by atoms with van der Waals surface area (Å²) in [5.41, 5.74) is 4.20. The number of fused-ring (bicyclic) bond motifs is 1. The summed E-state index contributed by atoms with van der Waals surface area (Å²) >= 11 is 0. The molecule has 0 bridgehead atoms. The fourth-order valence-corrected chi connectivity index (χ4v) is 5.82. The highest BCUT2D eigenvalue weighted by atomic mass is 19.1. The van der Waals surface area contributed by atoms with Crippen LogP contribution in [0.5, 0.6) is 5.75 Å². The van der Waals surface area contributed by atoms with E-state index < -0.39 is 0 Å². The first-order valence-electron chi connectivity index (χ1n) is 13.6. The molecule has 2 aromatic rings. The maximum absolute atomic E-state index is 15.4. The SMILES string of the molecule is C=C1c2ccc(OCC3CCCC3)cc2C=CN1c1ccc(N2CCC(CC)(OCCC)C2)c(F)c1. The second-order valence-electron chi connectivity index (χ2n) is 10.5. The summed E-state index contributed by atoms with van der Waals surface area (Å²) in [6, 6.07) is 11.7. The van der Waals surface area contributed by atoms with Crippen molar-refractivity contribution in [2.24, 2.45) is 5.92 Å². The van der Waals surface area contributed by atoms with Crippen LogP contribution in [-0.4, -0.2) is 31.9 Å². The third-order valence-electron chi connectivity index (χ3n) is 8.11. The zero-order chi connectivity index (χ0) is 25.1. The Bertz CT molecular complexity index is 1120. The molecule has 5 heteroatoms. The quantitative estimate of drug-likeness (QED) is 0.361. The minimum Gasteiger partial charge on any atom is -0.493 e. The summed E-state index contributed by atoms with van der Waals surface area (Å²) in [4.78, 5) is 4.08. The normalized spacial score (nSPS) is 21.9. The van der Waals surface area contributed by atoms with E-state index in [-0.39, 0.29) is 11.4 Å². The van der Waals surface area contributed by atoms with Gasteiger partial charge in [-0.25, -0.2) is 4.39 Å². The molecule has 2 aliphatic heterocycles. The van der Waals surface area contributed by atoms with Crippen molar-refractivity contribution in [2.45, 2.75) is 64.4 Å². The molecule has 1 aliphatic carbocycles. The Morgan fingerprint density at radius 1 is 1.11 bits per heavy atom. The van der Waals surface area contributed by atoms with Crippen molar-refractivity contribution in [3.63, 3.8) is 0 Å². The molecule has 1 atom stereocenters. The monoisotopic (exact) mass is 490 g/mol. The Hall–Kier alpha value is -2.79. The molecule has 36 heavy (non-hydrogen) atoms. The molecule has 0 aromatic heterocycles. The first kappa shape index (κ1) is 24.9. The van der Waals surface area contributed by atoms with Gasteiger partial charge in [-0.2, -0.15) is 0 Å². The Morgan fingerprint density at radius 3 is 2.69 bits per heavy atom. The molecular formula is C31H39FN2O2. The third kappa shape index (κ3) is 5.04. The Morgan fingerprint density at radius 2 is 1.94 bits per heavy atom. The lowest BCUT2D eigenvalue weighted by molar-refractivity contribution is -0.0315. The van der Waals surface area contributed by atoms with Crippen molar-refractivity contribution in [3.8, 4) is 5.75 Å². The number of benzene rings is 2. The predicted octanol–water partition coefficient (Wildman–Crippen LogP) is 7.64. The first-order valence-corrected chi connectivity index (χ1v) is 13.6. The molecule has 0 spiro atoms. The highest BCUT2D eigenvalue weighted by molar-refractivity contribution is 5.89. The lowest BCUT2D eigenvalue weighted by Crippen LogP contribution is -2.36. The van der Waals surface area contributed by atoms with E-state index in [4.69, 9.17) is 9.47 Å². The van der Waals surface area contributed by atoms with Gasteiger partial charge in [0.25, 0.3) is 0 Å². The number of rotatable bonds is 9. The van der Waals surface area contributed by atoms with Gasteiger partial charge in [0.15, 0.2) is 0 Å². The van der Waals surface area contributed by atoms with Gasteiger partial charge < -0.3 is 19.3 Å². The molecule has 2 heterocycles. The average Bonchev–Trinajstić information content (AvgIpc) is 3.57. The maximum Gasteiger partial charge on any atom is 0.148 e. The van der Waals surface area contributed by atoms with Crippen LogP contribution in [0.1, 0.15) is 69.9 Å². The fraction of sp³-hybridized carbons (Fsp3) is 0.484. The summed E-state index contributed by atoms with van der Waals surface area (Å²) in [6.07, 6.45) is 12.1. The second-order valence-corrected chi connectivity index (χ2v) is 10.5. The van der Waals surface area contributed by atoms with Crippen LogP contribution >= 0.6 is 0 Å². The van der Waals surface area contributed by atoms with E-state index >= 15 is 4.39 Å². The summed E-state index contributed by atoms with van der Waals surface area (Å²) < 4.78 is 27.7. The van der Waals surface area contributed by atoms with Gasteiger partial charge in [-0.15, -0.1) is 0 Å². The summed E-state index contributed by atoms with van der Waals surface area (Å²) in [6.45, 7) is 11.7. The van der Waals surface area contributed by atoms with Crippen LogP contribution in [0, 0.1) is 11.7 Å². The number of anilines is 2. The van der Waals surface area contributed by atoms with Crippen LogP contribution in [0.2, 0.25) is 0 Å². The van der Waals surface area contributed by atoms with E-state index in [1.54, 1.807) is 6.07 Å². The minimum absolute atomic E-state index is 0.172. The molecule has 2 fully saturated rings. The Kier molecular flexibility index (Phi) is 7.38. The molecule has 5 rings (SSSR count). The van der Waals surface area contributed by atoms with Gasteiger partial charge in [-0.05, 0) is 80.0 Å². The topological polar surface area (TPSA) is 24.9 Å². The summed E-state index contributed by atoms with van der Waals surface area (Å²) in [5, 5.41) is 0. The van der Waals surface area contributed by atoms with E-state index in [2.05, 4.69) is 43.5 Å². The lowest BCUT2D eigenvalue weighted by atomic mass is 9.99. The average molecular weight is 491 g/mol. The summed E-state index contributed by atoms with van der Waals surface area (Å²) in [7, 11) is 0. The van der Waals surface area contributed by atoms with Crippen molar-refractivity contribution >= 4 is 23.1 Å². The smallest absolute Gasteiger partial charge is 0.148 e. The van der Waals surface area contributed by atoms with Crippen LogP contribution < -0.4 is 14.5 Å². The van der Waals surface area contributed by atoms with Crippen LogP contribution in [0.15, 0.2) is 49.2 Å². The molecule has 192 valence electrons. The predicted molar refractivity (Wildman–Crippen MR) is 147 cm³/mol. The van der Waals surface area contributed by atoms with Crippen molar-refractivity contribution in [1.82, 2.24) is 0 Å². The third-order valence-corrected chi connectivity index (χ3v) is 8.11. The largest absolute Gasteiger partial charge is 0.493 e. The van der Waals surface area contributed by atoms with Crippen molar-refractivity contribution in [2.75, 3.05) is 36.1 Å². The van der Waals surface area contributed by atoms with E-state index in [0.717, 1.165) is 73.8 Å². The van der Waals surface area contributed by atoms with E-state index in [0.29, 0.717) is 11.6 Å². The molecule has 2 aromatic carbocycles. The second kappa shape index (κ2) is 10.7. The molecule has 4 nitrogen and oxygen atoms in total. The Labute approximate surface area is 215 Å². The number of nitrogens with zero attached hydrogens (tertiary/aromatic N) is 2.